The maximum absolute atomic E-state index is 15.3. The monoisotopic (exact) mass is 821 g/mol. The third-order valence-corrected chi connectivity index (χ3v) is 14.2. The molecule has 0 bridgehead atoms. The van der Waals surface area contributed by atoms with Crippen molar-refractivity contribution in [2.45, 2.75) is 32.6 Å². The van der Waals surface area contributed by atoms with Gasteiger partial charge < -0.3 is 14.6 Å². The van der Waals surface area contributed by atoms with E-state index in [1.807, 2.05) is 31.2 Å². The van der Waals surface area contributed by atoms with Gasteiger partial charge in [-0.1, -0.05) is 23.3 Å². The predicted octanol–water partition coefficient (Wildman–Crippen LogP) is 7.33. The van der Waals surface area contributed by atoms with Crippen LogP contribution in [-0.4, -0.2) is 57.7 Å². The number of nitro benzene ring substituents is 1. The molecule has 4 aliphatic rings. The van der Waals surface area contributed by atoms with E-state index < -0.39 is 63.6 Å². The highest BCUT2D eigenvalue weighted by Gasteiger charge is 2.68. The van der Waals surface area contributed by atoms with Crippen LogP contribution >= 0.6 is 22.9 Å². The molecule has 58 heavy (non-hydrogen) atoms. The van der Waals surface area contributed by atoms with Crippen molar-refractivity contribution in [1.29, 1.82) is 0 Å². The number of carbonyl (C=O) groups is 4. The van der Waals surface area contributed by atoms with Crippen molar-refractivity contribution in [3.63, 3.8) is 0 Å². The zero-order valence-corrected chi connectivity index (χ0v) is 33.5. The van der Waals surface area contributed by atoms with E-state index in [1.54, 1.807) is 20.0 Å². The number of nitrogens with zero attached hydrogens (tertiary/aromatic N) is 5. The van der Waals surface area contributed by atoms with Crippen molar-refractivity contribution in [3.05, 3.63) is 98.6 Å². The number of halogens is 1. The predicted molar refractivity (Wildman–Crippen MR) is 215 cm³/mol. The zero-order valence-electron chi connectivity index (χ0n) is 31.9. The largest absolute Gasteiger partial charge is 0.508 e. The molecular weight excluding hydrogens is 786 g/mol. The highest BCUT2D eigenvalue weighted by Crippen LogP contribution is 2.66. The van der Waals surface area contributed by atoms with Crippen LogP contribution in [-0.2, 0) is 26.2 Å². The molecule has 14 nitrogen and oxygen atoms in total. The molecule has 6 unspecified atom stereocenters. The molecule has 0 spiro atoms. The van der Waals surface area contributed by atoms with Crippen molar-refractivity contribution < 1.29 is 38.7 Å². The molecule has 5 aromatic rings. The Hall–Kier alpha value is -6.06. The summed E-state index contributed by atoms with van der Waals surface area (Å²) in [6.07, 6.45) is 2.15. The minimum atomic E-state index is -1.46. The number of phenolic OH excluding ortho intramolecular Hbond substituents is 1. The third kappa shape index (κ3) is 5.18. The van der Waals surface area contributed by atoms with E-state index in [9.17, 15) is 24.8 Å². The highest BCUT2D eigenvalue weighted by atomic mass is 35.5. The minimum absolute atomic E-state index is 0.0812. The van der Waals surface area contributed by atoms with E-state index in [4.69, 9.17) is 26.2 Å². The molecule has 4 heterocycles. The number of aryl methyl sites for hydroxylation is 2. The van der Waals surface area contributed by atoms with Crippen LogP contribution in [0.4, 0.5) is 17.2 Å². The van der Waals surface area contributed by atoms with Crippen LogP contribution < -0.4 is 19.3 Å². The average Bonchev–Trinajstić information content (AvgIpc) is 3.87. The Morgan fingerprint density at radius 2 is 1.64 bits per heavy atom. The molecular formula is C42H36ClN5O9S. The first-order valence-electron chi connectivity index (χ1n) is 18.6. The van der Waals surface area contributed by atoms with E-state index in [1.165, 1.54) is 71.5 Å². The lowest BCUT2D eigenvalue weighted by Gasteiger charge is -2.49. The molecule has 4 amide bonds. The SMILES string of the molecule is COc1cc(O)cc(OC)c1C1C2=CCC3C(=O)N(c4ccc([N+](=O)[O-])cc4)C(=O)C3C2CC2C(=O)N(c3cc(-c4sc5ccc(Cl)cc5c4C)nn3C)C(=O)C21C. The summed E-state index contributed by atoms with van der Waals surface area (Å²) in [5, 5.41) is 28.4. The number of amides is 4. The first-order valence-corrected chi connectivity index (χ1v) is 19.8. The van der Waals surface area contributed by atoms with Gasteiger partial charge in [-0.15, -0.1) is 11.3 Å². The number of rotatable bonds is 7. The van der Waals surface area contributed by atoms with Crippen molar-refractivity contribution in [3.8, 4) is 27.8 Å². The zero-order chi connectivity index (χ0) is 41.1. The van der Waals surface area contributed by atoms with Crippen molar-refractivity contribution in [2.24, 2.45) is 36.1 Å². The summed E-state index contributed by atoms with van der Waals surface area (Å²) in [6, 6.07) is 15.5. The van der Waals surface area contributed by atoms with Gasteiger partial charge in [-0.2, -0.15) is 5.10 Å². The van der Waals surface area contributed by atoms with Crippen molar-refractivity contribution in [2.75, 3.05) is 24.0 Å². The number of ether oxygens (including phenoxy) is 2. The van der Waals surface area contributed by atoms with E-state index >= 15 is 9.59 Å². The number of allylic oxidation sites excluding steroid dienone is 2. The number of phenols is 1. The number of hydrogen-bond acceptors (Lipinski definition) is 11. The number of aromatic hydroxyl groups is 1. The van der Waals surface area contributed by atoms with Gasteiger partial charge in [0.15, 0.2) is 0 Å². The normalized spacial score (nSPS) is 25.2. The molecule has 3 fully saturated rings. The van der Waals surface area contributed by atoms with Gasteiger partial charge in [0.1, 0.15) is 28.8 Å². The lowest BCUT2D eigenvalue weighted by atomic mass is 9.51. The summed E-state index contributed by atoms with van der Waals surface area (Å²) >= 11 is 7.85. The van der Waals surface area contributed by atoms with Crippen LogP contribution in [0.3, 0.4) is 0 Å². The second kappa shape index (κ2) is 13.2. The Labute approximate surface area is 340 Å². The molecule has 2 aliphatic carbocycles. The quantitative estimate of drug-likeness (QED) is 0.0758. The van der Waals surface area contributed by atoms with Gasteiger partial charge in [0.25, 0.3) is 5.69 Å². The molecule has 1 saturated carbocycles. The van der Waals surface area contributed by atoms with Gasteiger partial charge in [0.05, 0.1) is 52.9 Å². The van der Waals surface area contributed by atoms with Crippen LogP contribution in [0.15, 0.2) is 72.3 Å². The number of aromatic nitrogens is 2. The molecule has 0 radical (unpaired) electrons. The molecule has 2 aliphatic heterocycles. The molecule has 3 aromatic carbocycles. The molecule has 6 atom stereocenters. The molecule has 9 rings (SSSR count). The van der Waals surface area contributed by atoms with Crippen molar-refractivity contribution >= 4 is 73.8 Å². The van der Waals surface area contributed by atoms with Gasteiger partial charge in [0.2, 0.25) is 23.6 Å². The Morgan fingerprint density at radius 3 is 2.29 bits per heavy atom. The number of benzene rings is 3. The number of non-ortho nitro benzene ring substituents is 1. The second-order valence-electron chi connectivity index (χ2n) is 15.4. The van der Waals surface area contributed by atoms with Crippen LogP contribution in [0.25, 0.3) is 20.7 Å². The Morgan fingerprint density at radius 1 is 0.948 bits per heavy atom. The second-order valence-corrected chi connectivity index (χ2v) is 16.9. The van der Waals surface area contributed by atoms with Gasteiger partial charge in [-0.25, -0.2) is 4.90 Å². The van der Waals surface area contributed by atoms with Crippen LogP contribution in [0.1, 0.15) is 36.8 Å². The first kappa shape index (κ1) is 37.5. The average molecular weight is 822 g/mol. The summed E-state index contributed by atoms with van der Waals surface area (Å²) in [5.41, 5.74) is 1.20. The van der Waals surface area contributed by atoms with Crippen LogP contribution in [0.5, 0.6) is 17.2 Å². The lowest BCUT2D eigenvalue weighted by Crippen LogP contribution is -2.49. The topological polar surface area (TPSA) is 174 Å². The van der Waals surface area contributed by atoms with Gasteiger partial charge in [-0.05, 0) is 73.9 Å². The fourth-order valence-electron chi connectivity index (χ4n) is 9.94. The van der Waals surface area contributed by atoms with Gasteiger partial charge in [0, 0.05) is 58.6 Å². The summed E-state index contributed by atoms with van der Waals surface area (Å²) in [4.78, 5) is 72.9. The number of thiophene rings is 1. The minimum Gasteiger partial charge on any atom is -0.508 e. The van der Waals surface area contributed by atoms with Crippen LogP contribution in [0.2, 0.25) is 5.02 Å². The first-order chi connectivity index (χ1) is 27.7. The number of methoxy groups -OCH3 is 2. The highest BCUT2D eigenvalue weighted by molar-refractivity contribution is 7.22. The molecule has 1 N–H and O–H groups in total. The summed E-state index contributed by atoms with van der Waals surface area (Å²) in [5.74, 6) is -5.55. The number of imide groups is 2. The number of carbonyl (C=O) groups excluding carboxylic acids is 4. The number of nitro groups is 1. The van der Waals surface area contributed by atoms with Crippen LogP contribution in [0, 0.1) is 46.1 Å². The fraction of sp³-hybridized carbons (Fsp3) is 0.310. The Bertz CT molecular complexity index is 2660. The third-order valence-electron chi connectivity index (χ3n) is 12.6. The number of hydrogen-bond donors (Lipinski definition) is 1. The Balaban J connectivity index is 1.18. The number of anilines is 2. The molecule has 2 saturated heterocycles. The van der Waals surface area contributed by atoms with E-state index in [-0.39, 0.29) is 47.3 Å². The molecule has 2 aromatic heterocycles. The number of fused-ring (bicyclic) bond motifs is 5. The summed E-state index contributed by atoms with van der Waals surface area (Å²) in [6.45, 7) is 3.73. The summed E-state index contributed by atoms with van der Waals surface area (Å²) < 4.78 is 14.2. The van der Waals surface area contributed by atoms with E-state index in [0.717, 1.165) is 25.4 Å². The van der Waals surface area contributed by atoms with E-state index in [0.29, 0.717) is 21.9 Å². The maximum Gasteiger partial charge on any atom is 0.269 e. The molecule has 296 valence electrons. The smallest absolute Gasteiger partial charge is 0.269 e. The fourth-order valence-corrected chi connectivity index (χ4v) is 11.3. The van der Waals surface area contributed by atoms with E-state index in [2.05, 4.69) is 0 Å². The summed E-state index contributed by atoms with van der Waals surface area (Å²) in [7, 11) is 4.54. The van der Waals surface area contributed by atoms with Crippen molar-refractivity contribution in [1.82, 2.24) is 9.78 Å². The molecule has 16 heteroatoms. The van der Waals surface area contributed by atoms with Gasteiger partial charge in [-0.3, -0.25) is 38.9 Å². The Kier molecular flexibility index (Phi) is 8.57. The lowest BCUT2D eigenvalue weighted by molar-refractivity contribution is -0.384. The standard InChI is InChI=1S/C42H36ClN5O9S/c1-19-26-14-20(43)6-13-32(26)58-37(19)29-18-33(45(3)44-29)47-39(51)28-17-27-24(36(42(28,2)41(47)53)35-30(56-4)15-23(49)16-31(35)57-5)11-12-25-34(27)40(52)46(38(25)50)21-7-9-22(10-8-21)48(54)55/h6-11,13-16,18,25,27-28,34,36,49H,12,17H2,1-5H3. The van der Waals surface area contributed by atoms with Gasteiger partial charge >= 0.3 is 0 Å². The maximum atomic E-state index is 15.3.